The van der Waals surface area contributed by atoms with Crippen LogP contribution in [0.2, 0.25) is 10.0 Å². The number of aromatic nitrogens is 2. The first-order valence-electron chi connectivity index (χ1n) is 13.3. The molecular formula is C32H23Cl2N3O5S2. The maximum Gasteiger partial charge on any atom is 0.302 e. The van der Waals surface area contributed by atoms with Crippen LogP contribution < -0.4 is 9.64 Å². The second-order valence-corrected chi connectivity index (χ2v) is 12.9. The molecule has 8 nitrogen and oxygen atoms in total. The van der Waals surface area contributed by atoms with Gasteiger partial charge in [0.2, 0.25) is 5.13 Å². The average molecular weight is 665 g/mol. The number of thioether (sulfide) groups is 1. The Morgan fingerprint density at radius 2 is 1.86 bits per heavy atom. The number of amides is 1. The van der Waals surface area contributed by atoms with Gasteiger partial charge in [0.05, 0.1) is 11.8 Å². The van der Waals surface area contributed by atoms with Gasteiger partial charge in [-0.3, -0.25) is 14.5 Å². The lowest BCUT2D eigenvalue weighted by Gasteiger charge is -2.20. The van der Waals surface area contributed by atoms with Crippen molar-refractivity contribution in [3.05, 3.63) is 129 Å². The summed E-state index contributed by atoms with van der Waals surface area (Å²) in [5.74, 6) is -0.670. The molecule has 1 fully saturated rings. The zero-order valence-corrected chi connectivity index (χ0v) is 26.2. The molecule has 1 amide bonds. The Kier molecular flexibility index (Phi) is 8.76. The molecule has 0 bridgehead atoms. The van der Waals surface area contributed by atoms with Gasteiger partial charge in [-0.25, -0.2) is 0 Å². The Morgan fingerprint density at radius 3 is 2.59 bits per heavy atom. The van der Waals surface area contributed by atoms with E-state index in [4.69, 9.17) is 32.4 Å². The molecular weight excluding hydrogens is 641 g/mol. The van der Waals surface area contributed by atoms with Gasteiger partial charge in [0.15, 0.2) is 4.34 Å². The van der Waals surface area contributed by atoms with Crippen LogP contribution in [-0.2, 0) is 21.9 Å². The first-order chi connectivity index (χ1) is 21.3. The predicted octanol–water partition coefficient (Wildman–Crippen LogP) is 8.24. The number of anilines is 1. The Hall–Kier alpha value is -4.09. The maximum absolute atomic E-state index is 13.4. The van der Waals surface area contributed by atoms with Gasteiger partial charge in [0, 0.05) is 21.4 Å². The van der Waals surface area contributed by atoms with Crippen LogP contribution in [0.5, 0.6) is 5.75 Å². The number of ether oxygens (including phenoxy) is 1. The number of nitrogens with zero attached hydrogens (tertiary/aromatic N) is 3. The van der Waals surface area contributed by atoms with E-state index in [-0.39, 0.29) is 16.5 Å². The largest absolute Gasteiger partial charge is 0.507 e. The van der Waals surface area contributed by atoms with Crippen LogP contribution in [0.4, 0.5) is 5.13 Å². The quantitative estimate of drug-likeness (QED) is 0.0552. The zero-order valence-electron chi connectivity index (χ0n) is 23.1. The fourth-order valence-corrected chi connectivity index (χ4v) is 7.14. The Balaban J connectivity index is 1.26. The smallest absolute Gasteiger partial charge is 0.302 e. The average Bonchev–Trinajstić information content (AvgIpc) is 3.76. The molecule has 1 N–H and O–H groups in total. The number of hydrogen-bond donors (Lipinski definition) is 1. The van der Waals surface area contributed by atoms with E-state index in [1.165, 1.54) is 22.9 Å². The summed E-state index contributed by atoms with van der Waals surface area (Å²) in [5.41, 5.74) is 3.26. The molecule has 3 aromatic carbocycles. The molecule has 12 heteroatoms. The second kappa shape index (κ2) is 12.9. The number of furan rings is 1. The number of aliphatic hydroxyl groups excluding tert-OH is 1. The molecule has 3 heterocycles. The van der Waals surface area contributed by atoms with Crippen LogP contribution in [0, 0.1) is 6.92 Å². The van der Waals surface area contributed by atoms with E-state index in [9.17, 15) is 14.7 Å². The minimum Gasteiger partial charge on any atom is -0.507 e. The summed E-state index contributed by atoms with van der Waals surface area (Å²) in [6.07, 6.45) is 1.44. The number of halogens is 2. The fourth-order valence-electron chi connectivity index (χ4n) is 4.72. The van der Waals surface area contributed by atoms with Crippen LogP contribution in [0.1, 0.15) is 34.1 Å². The number of carbonyl (C=O) groups is 2. The summed E-state index contributed by atoms with van der Waals surface area (Å²) in [4.78, 5) is 28.0. The molecule has 1 unspecified atom stereocenters. The van der Waals surface area contributed by atoms with Crippen molar-refractivity contribution in [1.29, 1.82) is 0 Å². The van der Waals surface area contributed by atoms with Gasteiger partial charge in [0.1, 0.15) is 29.9 Å². The van der Waals surface area contributed by atoms with E-state index in [1.807, 2.05) is 37.3 Å². The van der Waals surface area contributed by atoms with Crippen molar-refractivity contribution in [3.8, 4) is 5.75 Å². The van der Waals surface area contributed by atoms with E-state index in [0.717, 1.165) is 28.0 Å². The molecule has 6 rings (SSSR count). The summed E-state index contributed by atoms with van der Waals surface area (Å²) in [7, 11) is 0. The van der Waals surface area contributed by atoms with E-state index in [0.29, 0.717) is 43.8 Å². The highest BCUT2D eigenvalue weighted by molar-refractivity contribution is 8.00. The second-order valence-electron chi connectivity index (χ2n) is 9.86. The van der Waals surface area contributed by atoms with Gasteiger partial charge in [-0.1, -0.05) is 82.2 Å². The van der Waals surface area contributed by atoms with Crippen molar-refractivity contribution < 1.29 is 23.8 Å². The highest BCUT2D eigenvalue weighted by Crippen LogP contribution is 2.44. The van der Waals surface area contributed by atoms with Gasteiger partial charge in [-0.05, 0) is 66.6 Å². The standard InChI is InChI=1S/C32H23Cl2N3O5S2/c1-18-4-2-5-19(14-18)16-42-23-11-8-20(9-12-23)28(38)26-27(25-6-3-13-41-25)37(30(40)29(26)39)31-35-36-32(44-31)43-17-21-7-10-22(33)15-24(21)34/h2-15,27,38H,16-17H2,1H3/b28-26+. The van der Waals surface area contributed by atoms with E-state index >= 15 is 0 Å². The lowest BCUT2D eigenvalue weighted by Crippen LogP contribution is -2.29. The first kappa shape index (κ1) is 30.0. The summed E-state index contributed by atoms with van der Waals surface area (Å²) < 4.78 is 12.1. The van der Waals surface area contributed by atoms with Gasteiger partial charge in [-0.2, -0.15) is 0 Å². The molecule has 1 aliphatic heterocycles. The maximum atomic E-state index is 13.4. The number of hydrogen-bond acceptors (Lipinski definition) is 9. The summed E-state index contributed by atoms with van der Waals surface area (Å²) >= 11 is 14.8. The zero-order chi connectivity index (χ0) is 30.8. The van der Waals surface area contributed by atoms with Gasteiger partial charge in [0.25, 0.3) is 5.78 Å². The molecule has 1 saturated heterocycles. The molecule has 2 aromatic heterocycles. The molecule has 1 aliphatic rings. The van der Waals surface area contributed by atoms with Gasteiger partial charge < -0.3 is 14.3 Å². The molecule has 0 radical (unpaired) electrons. The van der Waals surface area contributed by atoms with E-state index in [1.54, 1.807) is 48.5 Å². The molecule has 5 aromatic rings. The third-order valence-electron chi connectivity index (χ3n) is 6.84. The Labute approximate surface area is 270 Å². The minimum atomic E-state index is -1.04. The predicted molar refractivity (Wildman–Crippen MR) is 171 cm³/mol. The number of aliphatic hydroxyl groups is 1. The van der Waals surface area contributed by atoms with Crippen molar-refractivity contribution in [2.75, 3.05) is 4.90 Å². The number of benzene rings is 3. The molecule has 0 spiro atoms. The van der Waals surface area contributed by atoms with E-state index in [2.05, 4.69) is 10.2 Å². The Morgan fingerprint density at radius 1 is 1.05 bits per heavy atom. The molecule has 0 aliphatic carbocycles. The minimum absolute atomic E-state index is 0.115. The highest BCUT2D eigenvalue weighted by Gasteiger charge is 2.49. The van der Waals surface area contributed by atoms with Crippen molar-refractivity contribution in [2.45, 2.75) is 29.7 Å². The van der Waals surface area contributed by atoms with Crippen molar-refractivity contribution >= 4 is 68.9 Å². The molecule has 0 saturated carbocycles. The third kappa shape index (κ3) is 6.25. The van der Waals surface area contributed by atoms with Crippen LogP contribution in [-0.4, -0.2) is 27.0 Å². The van der Waals surface area contributed by atoms with Crippen LogP contribution in [0.3, 0.4) is 0 Å². The number of ketones is 1. The SMILES string of the molecule is Cc1cccc(COc2ccc(/C(O)=C3\C(=O)C(=O)N(c4nnc(SCc5ccc(Cl)cc5Cl)s4)C3c3ccco3)cc2)c1. The first-order valence-corrected chi connectivity index (χ1v) is 15.9. The van der Waals surface area contributed by atoms with Crippen LogP contribution in [0.25, 0.3) is 5.76 Å². The normalized spacial score (nSPS) is 16.1. The molecule has 44 heavy (non-hydrogen) atoms. The summed E-state index contributed by atoms with van der Waals surface area (Å²) in [5, 5.41) is 21.1. The van der Waals surface area contributed by atoms with Crippen molar-refractivity contribution in [1.82, 2.24) is 10.2 Å². The van der Waals surface area contributed by atoms with Crippen LogP contribution >= 0.6 is 46.3 Å². The van der Waals surface area contributed by atoms with Gasteiger partial charge in [-0.15, -0.1) is 10.2 Å². The monoisotopic (exact) mass is 663 g/mol. The molecule has 1 atom stereocenters. The Bertz CT molecular complexity index is 1870. The number of Topliss-reactive ketones (excluding diaryl/α,β-unsaturated/α-hetero) is 1. The van der Waals surface area contributed by atoms with Crippen molar-refractivity contribution in [3.63, 3.8) is 0 Å². The lowest BCUT2D eigenvalue weighted by molar-refractivity contribution is -0.132. The summed E-state index contributed by atoms with van der Waals surface area (Å²) in [6.45, 7) is 2.40. The number of carbonyl (C=O) groups excluding carboxylic acids is 2. The highest BCUT2D eigenvalue weighted by atomic mass is 35.5. The number of aryl methyl sites for hydroxylation is 1. The van der Waals surface area contributed by atoms with Gasteiger partial charge >= 0.3 is 5.91 Å². The van der Waals surface area contributed by atoms with Crippen molar-refractivity contribution in [2.24, 2.45) is 0 Å². The number of rotatable bonds is 9. The van der Waals surface area contributed by atoms with E-state index < -0.39 is 17.7 Å². The topological polar surface area (TPSA) is 106 Å². The lowest BCUT2D eigenvalue weighted by atomic mass is 9.99. The fraction of sp³-hybridized carbons (Fsp3) is 0.125. The van der Waals surface area contributed by atoms with Crippen LogP contribution in [0.15, 0.2) is 99.5 Å². The molecule has 222 valence electrons. The third-order valence-corrected chi connectivity index (χ3v) is 9.53. The summed E-state index contributed by atoms with van der Waals surface area (Å²) in [6, 6.07) is 22.2.